The Morgan fingerprint density at radius 3 is 2.85 bits per heavy atom. The summed E-state index contributed by atoms with van der Waals surface area (Å²) in [5.41, 5.74) is 3.59. The zero-order valence-corrected chi connectivity index (χ0v) is 17.2. The van der Waals surface area contributed by atoms with Crippen LogP contribution >= 0.6 is 23.1 Å². The second-order valence-corrected chi connectivity index (χ2v) is 8.16. The Morgan fingerprint density at radius 1 is 1.30 bits per heavy atom. The highest BCUT2D eigenvalue weighted by Crippen LogP contribution is 2.22. The highest BCUT2D eigenvalue weighted by atomic mass is 32.2. The van der Waals surface area contributed by atoms with Gasteiger partial charge in [0.15, 0.2) is 0 Å². The molecule has 0 spiro atoms. The van der Waals surface area contributed by atoms with E-state index in [1.807, 2.05) is 32.0 Å². The quantitative estimate of drug-likeness (QED) is 0.655. The molecule has 0 saturated carbocycles. The first kappa shape index (κ1) is 19.6. The Morgan fingerprint density at radius 2 is 2.11 bits per heavy atom. The summed E-state index contributed by atoms with van der Waals surface area (Å²) in [6.07, 6.45) is 1.64. The van der Waals surface area contributed by atoms with E-state index in [0.717, 1.165) is 34.7 Å². The lowest BCUT2D eigenvalue weighted by atomic mass is 10.1. The van der Waals surface area contributed by atoms with Crippen LogP contribution in [0.1, 0.15) is 35.7 Å². The van der Waals surface area contributed by atoms with Gasteiger partial charge in [0.2, 0.25) is 10.9 Å². The number of hydrogen-bond acceptors (Lipinski definition) is 6. The van der Waals surface area contributed by atoms with Gasteiger partial charge in [0, 0.05) is 17.5 Å². The second-order valence-electron chi connectivity index (χ2n) is 6.13. The lowest BCUT2D eigenvalue weighted by molar-refractivity contribution is -0.113. The highest BCUT2D eigenvalue weighted by Gasteiger charge is 2.11. The maximum absolute atomic E-state index is 12.3. The van der Waals surface area contributed by atoms with Gasteiger partial charge in [-0.05, 0) is 30.9 Å². The fourth-order valence-corrected chi connectivity index (χ4v) is 4.31. The lowest BCUT2D eigenvalue weighted by Gasteiger charge is -2.12. The van der Waals surface area contributed by atoms with Crippen LogP contribution in [0.4, 0.5) is 5.69 Å². The molecule has 0 aliphatic carbocycles. The van der Waals surface area contributed by atoms with Gasteiger partial charge in [-0.3, -0.25) is 9.59 Å². The smallest absolute Gasteiger partial charge is 0.275 e. The zero-order valence-electron chi connectivity index (χ0n) is 15.6. The van der Waals surface area contributed by atoms with Crippen LogP contribution in [0, 0.1) is 6.92 Å². The molecule has 0 aliphatic heterocycles. The Hall–Kier alpha value is -2.19. The van der Waals surface area contributed by atoms with E-state index in [9.17, 15) is 9.59 Å². The summed E-state index contributed by atoms with van der Waals surface area (Å²) in [6.45, 7) is 6.06. The molecule has 0 atom stereocenters. The molecule has 2 heterocycles. The van der Waals surface area contributed by atoms with Gasteiger partial charge in [0.1, 0.15) is 5.01 Å². The van der Waals surface area contributed by atoms with Gasteiger partial charge in [-0.15, -0.1) is 11.8 Å². The van der Waals surface area contributed by atoms with Crippen molar-refractivity contribution in [1.82, 2.24) is 14.6 Å². The number of aryl methyl sites for hydroxylation is 3. The molecule has 0 fully saturated rings. The molecule has 1 N–H and O–H groups in total. The van der Waals surface area contributed by atoms with Crippen molar-refractivity contribution in [3.05, 3.63) is 56.4 Å². The number of benzene rings is 1. The number of fused-ring (bicyclic) bond motifs is 1. The van der Waals surface area contributed by atoms with E-state index in [-0.39, 0.29) is 11.5 Å². The predicted molar refractivity (Wildman–Crippen MR) is 112 cm³/mol. The van der Waals surface area contributed by atoms with Crippen LogP contribution in [0.5, 0.6) is 0 Å². The molecule has 1 amide bonds. The monoisotopic (exact) mass is 402 g/mol. The molecule has 6 nitrogen and oxygen atoms in total. The molecule has 27 heavy (non-hydrogen) atoms. The third-order valence-corrected chi connectivity index (χ3v) is 6.15. The van der Waals surface area contributed by atoms with Crippen molar-refractivity contribution in [2.45, 2.75) is 39.4 Å². The Balaban J connectivity index is 1.62. The van der Waals surface area contributed by atoms with Crippen LogP contribution in [0.2, 0.25) is 0 Å². The molecule has 0 saturated heterocycles. The Kier molecular flexibility index (Phi) is 6.28. The molecule has 0 aliphatic rings. The van der Waals surface area contributed by atoms with Gasteiger partial charge in [-0.25, -0.2) is 4.98 Å². The van der Waals surface area contributed by atoms with E-state index in [1.54, 1.807) is 0 Å². The third kappa shape index (κ3) is 4.56. The van der Waals surface area contributed by atoms with Crippen molar-refractivity contribution in [2.24, 2.45) is 0 Å². The minimum absolute atomic E-state index is 0.0483. The van der Waals surface area contributed by atoms with Gasteiger partial charge in [0.25, 0.3) is 5.56 Å². The normalized spacial score (nSPS) is 11.1. The van der Waals surface area contributed by atoms with E-state index in [1.165, 1.54) is 33.7 Å². The van der Waals surface area contributed by atoms with E-state index >= 15 is 0 Å². The fraction of sp³-hybridized carbons (Fsp3) is 0.368. The first-order valence-electron chi connectivity index (χ1n) is 8.86. The summed E-state index contributed by atoms with van der Waals surface area (Å²) < 4.78 is 1.34. The molecule has 2 aromatic heterocycles. The first-order valence-corrected chi connectivity index (χ1v) is 10.8. The van der Waals surface area contributed by atoms with Gasteiger partial charge < -0.3 is 5.32 Å². The lowest BCUT2D eigenvalue weighted by Crippen LogP contribution is -2.17. The van der Waals surface area contributed by atoms with Gasteiger partial charge in [-0.1, -0.05) is 43.4 Å². The average Bonchev–Trinajstić information content (AvgIpc) is 3.07. The van der Waals surface area contributed by atoms with Crippen LogP contribution in [-0.4, -0.2) is 26.3 Å². The summed E-state index contributed by atoms with van der Waals surface area (Å²) in [5.74, 6) is 0.766. The third-order valence-electron chi connectivity index (χ3n) is 4.13. The van der Waals surface area contributed by atoms with E-state index in [2.05, 4.69) is 22.3 Å². The van der Waals surface area contributed by atoms with Gasteiger partial charge in [0.05, 0.1) is 11.4 Å². The molecule has 0 radical (unpaired) electrons. The number of anilines is 1. The number of amides is 1. The molecule has 0 unspecified atom stereocenters. The largest absolute Gasteiger partial charge is 0.325 e. The molecule has 3 rings (SSSR count). The van der Waals surface area contributed by atoms with Crippen LogP contribution in [0.15, 0.2) is 29.1 Å². The standard InChI is InChI=1S/C19H22N4O2S2/c1-4-13-8-6-7-12(3)18(13)21-15(24)11-26-10-14-9-17(25)23-19(20-14)27-16(5-2)22-23/h6-9H,4-5,10-11H2,1-3H3,(H,21,24). The maximum Gasteiger partial charge on any atom is 0.275 e. The van der Waals surface area contributed by atoms with Crippen molar-refractivity contribution >= 4 is 39.7 Å². The minimum atomic E-state index is -0.177. The number of thioether (sulfide) groups is 1. The number of carbonyl (C=O) groups is 1. The highest BCUT2D eigenvalue weighted by molar-refractivity contribution is 7.99. The topological polar surface area (TPSA) is 76.4 Å². The van der Waals surface area contributed by atoms with E-state index < -0.39 is 0 Å². The van der Waals surface area contributed by atoms with Crippen molar-refractivity contribution in [1.29, 1.82) is 0 Å². The van der Waals surface area contributed by atoms with Crippen molar-refractivity contribution in [2.75, 3.05) is 11.1 Å². The molecule has 142 valence electrons. The molecule has 1 aromatic carbocycles. The Labute approximate surface area is 166 Å². The number of nitrogens with one attached hydrogen (secondary N) is 1. The van der Waals surface area contributed by atoms with Crippen LogP contribution in [-0.2, 0) is 23.4 Å². The van der Waals surface area contributed by atoms with Crippen LogP contribution in [0.25, 0.3) is 4.96 Å². The molecule has 0 bridgehead atoms. The first-order chi connectivity index (χ1) is 13.0. The minimum Gasteiger partial charge on any atom is -0.325 e. The Bertz CT molecular complexity index is 1030. The summed E-state index contributed by atoms with van der Waals surface area (Å²) in [7, 11) is 0. The van der Waals surface area contributed by atoms with E-state index in [0.29, 0.717) is 22.2 Å². The van der Waals surface area contributed by atoms with Crippen molar-refractivity contribution in [3.63, 3.8) is 0 Å². The van der Waals surface area contributed by atoms with Crippen LogP contribution < -0.4 is 10.9 Å². The summed E-state index contributed by atoms with van der Waals surface area (Å²) in [4.78, 5) is 29.6. The second kappa shape index (κ2) is 8.67. The van der Waals surface area contributed by atoms with Crippen molar-refractivity contribution in [3.8, 4) is 0 Å². The number of nitrogens with zero attached hydrogens (tertiary/aromatic N) is 3. The number of rotatable bonds is 7. The molecular formula is C19H22N4O2S2. The van der Waals surface area contributed by atoms with E-state index in [4.69, 9.17) is 0 Å². The van der Waals surface area contributed by atoms with Crippen molar-refractivity contribution < 1.29 is 4.79 Å². The molecule has 3 aromatic rings. The van der Waals surface area contributed by atoms with Gasteiger partial charge >= 0.3 is 0 Å². The summed E-state index contributed by atoms with van der Waals surface area (Å²) in [5, 5.41) is 8.14. The van der Waals surface area contributed by atoms with Crippen LogP contribution in [0.3, 0.4) is 0 Å². The number of carbonyl (C=O) groups excluding carboxylic acids is 1. The maximum atomic E-state index is 12.3. The molecule has 8 heteroatoms. The number of aromatic nitrogens is 3. The SMILES string of the molecule is CCc1nn2c(=O)cc(CSCC(=O)Nc3c(C)cccc3CC)nc2s1. The number of para-hydroxylation sites is 1. The summed E-state index contributed by atoms with van der Waals surface area (Å²) >= 11 is 2.87. The summed E-state index contributed by atoms with van der Waals surface area (Å²) in [6, 6.07) is 7.52. The molecular weight excluding hydrogens is 380 g/mol. The van der Waals surface area contributed by atoms with Gasteiger partial charge in [-0.2, -0.15) is 9.61 Å². The fourth-order valence-electron chi connectivity index (χ4n) is 2.74. The zero-order chi connectivity index (χ0) is 19.4. The number of hydrogen-bond donors (Lipinski definition) is 1. The predicted octanol–water partition coefficient (Wildman–Crippen LogP) is 3.46. The average molecular weight is 403 g/mol.